The van der Waals surface area contributed by atoms with Crippen LogP contribution in [0.25, 0.3) is 22.2 Å². The molecule has 4 aromatic rings. The number of fused-ring (bicyclic) bond motifs is 1. The van der Waals surface area contributed by atoms with E-state index in [9.17, 15) is 0 Å². The molecule has 0 amide bonds. The Morgan fingerprint density at radius 1 is 0.892 bits per heavy atom. The van der Waals surface area contributed by atoms with Crippen LogP contribution in [0.1, 0.15) is 44.6 Å². The van der Waals surface area contributed by atoms with Crippen molar-refractivity contribution in [3.8, 4) is 22.6 Å². The Bertz CT molecular complexity index is 1330. The zero-order chi connectivity index (χ0) is 25.2. The standard InChI is InChI=1S/C30H36N6O/c1-32-22-6-5-17-35(18-22)23-11-13-24(14-12-23)36-19-27(28-29(31)33-20-34-30(28)36)21-9-15-26(16-10-21)37-25-7-3-2-4-8-25/h2-4,7-10,15-16,19-20,22-24,32H,5-6,11-14,17-18H2,1H3,(H2,31,33,34)/t22-,23-,24-/m1/s1. The van der Waals surface area contributed by atoms with Gasteiger partial charge in [-0.1, -0.05) is 30.3 Å². The summed E-state index contributed by atoms with van der Waals surface area (Å²) in [4.78, 5) is 11.7. The molecule has 2 fully saturated rings. The average Bonchev–Trinajstić information content (AvgIpc) is 3.35. The third-order valence-electron chi connectivity index (χ3n) is 8.22. The number of aromatic nitrogens is 3. The predicted molar refractivity (Wildman–Crippen MR) is 149 cm³/mol. The average molecular weight is 497 g/mol. The van der Waals surface area contributed by atoms with Gasteiger partial charge >= 0.3 is 0 Å². The second kappa shape index (κ2) is 10.5. The molecule has 7 heteroatoms. The Hall–Kier alpha value is -3.42. The van der Waals surface area contributed by atoms with Gasteiger partial charge in [0.15, 0.2) is 0 Å². The summed E-state index contributed by atoms with van der Waals surface area (Å²) < 4.78 is 8.35. The van der Waals surface area contributed by atoms with Gasteiger partial charge in [-0.2, -0.15) is 0 Å². The highest BCUT2D eigenvalue weighted by Gasteiger charge is 2.31. The number of likely N-dealkylation sites (tertiary alicyclic amines) is 1. The molecule has 1 aliphatic carbocycles. The molecular formula is C30H36N6O. The van der Waals surface area contributed by atoms with E-state index >= 15 is 0 Å². The van der Waals surface area contributed by atoms with E-state index in [0.29, 0.717) is 23.9 Å². The summed E-state index contributed by atoms with van der Waals surface area (Å²) in [5.74, 6) is 2.16. The highest BCUT2D eigenvalue weighted by molar-refractivity contribution is 6.00. The molecular weight excluding hydrogens is 460 g/mol. The summed E-state index contributed by atoms with van der Waals surface area (Å²) in [6, 6.07) is 19.8. The minimum absolute atomic E-state index is 0.423. The Balaban J connectivity index is 1.23. The Morgan fingerprint density at radius 3 is 2.38 bits per heavy atom. The van der Waals surface area contributed by atoms with Gasteiger partial charge < -0.3 is 20.4 Å². The van der Waals surface area contributed by atoms with E-state index in [1.54, 1.807) is 6.33 Å². The van der Waals surface area contributed by atoms with E-state index in [1.807, 2.05) is 42.5 Å². The summed E-state index contributed by atoms with van der Waals surface area (Å²) in [7, 11) is 2.09. The molecule has 1 atom stereocenters. The maximum Gasteiger partial charge on any atom is 0.146 e. The van der Waals surface area contributed by atoms with Gasteiger partial charge in [0.05, 0.1) is 5.39 Å². The highest BCUT2D eigenvalue weighted by Crippen LogP contribution is 2.39. The van der Waals surface area contributed by atoms with Crippen LogP contribution in [0.2, 0.25) is 0 Å². The summed E-state index contributed by atoms with van der Waals surface area (Å²) in [6.45, 7) is 2.41. The molecule has 37 heavy (non-hydrogen) atoms. The van der Waals surface area contributed by atoms with Gasteiger partial charge in [0.1, 0.15) is 29.3 Å². The van der Waals surface area contributed by atoms with Crippen molar-refractivity contribution in [3.05, 3.63) is 67.1 Å². The molecule has 0 bridgehead atoms. The maximum atomic E-state index is 6.41. The first-order valence-corrected chi connectivity index (χ1v) is 13.6. The van der Waals surface area contributed by atoms with Crippen LogP contribution in [-0.4, -0.2) is 51.7 Å². The fourth-order valence-electron chi connectivity index (χ4n) is 6.21. The molecule has 3 heterocycles. The lowest BCUT2D eigenvalue weighted by molar-refractivity contribution is 0.101. The summed E-state index contributed by atoms with van der Waals surface area (Å²) in [5, 5.41) is 4.43. The third kappa shape index (κ3) is 4.93. The number of benzene rings is 2. The number of ether oxygens (including phenoxy) is 1. The molecule has 7 nitrogen and oxygen atoms in total. The number of hydrogen-bond donors (Lipinski definition) is 2. The van der Waals surface area contributed by atoms with Crippen LogP contribution in [0.15, 0.2) is 67.1 Å². The third-order valence-corrected chi connectivity index (χ3v) is 8.22. The molecule has 192 valence electrons. The van der Waals surface area contributed by atoms with E-state index in [0.717, 1.165) is 46.5 Å². The first kappa shape index (κ1) is 23.9. The van der Waals surface area contributed by atoms with Gasteiger partial charge in [-0.15, -0.1) is 0 Å². The van der Waals surface area contributed by atoms with Gasteiger partial charge in [0.25, 0.3) is 0 Å². The van der Waals surface area contributed by atoms with Crippen molar-refractivity contribution in [3.63, 3.8) is 0 Å². The molecule has 2 aromatic heterocycles. The number of nitrogens with one attached hydrogen (secondary N) is 1. The second-order valence-electron chi connectivity index (χ2n) is 10.4. The molecule has 0 spiro atoms. The van der Waals surface area contributed by atoms with Gasteiger partial charge in [0.2, 0.25) is 0 Å². The van der Waals surface area contributed by atoms with Gasteiger partial charge in [0, 0.05) is 36.4 Å². The number of para-hydroxylation sites is 1. The minimum Gasteiger partial charge on any atom is -0.457 e. The van der Waals surface area contributed by atoms with E-state index in [2.05, 4.69) is 45.1 Å². The normalized spacial score (nSPS) is 22.8. The number of likely N-dealkylation sites (N-methyl/N-ethyl adjacent to an activating group) is 1. The fourth-order valence-corrected chi connectivity index (χ4v) is 6.21. The first-order valence-electron chi connectivity index (χ1n) is 13.6. The smallest absolute Gasteiger partial charge is 0.146 e. The highest BCUT2D eigenvalue weighted by atomic mass is 16.5. The predicted octanol–water partition coefficient (Wildman–Crippen LogP) is 5.64. The monoisotopic (exact) mass is 496 g/mol. The lowest BCUT2D eigenvalue weighted by Crippen LogP contribution is -2.49. The van der Waals surface area contributed by atoms with E-state index < -0.39 is 0 Å². The van der Waals surface area contributed by atoms with E-state index in [1.165, 1.54) is 38.8 Å². The Morgan fingerprint density at radius 2 is 1.62 bits per heavy atom. The van der Waals surface area contributed by atoms with E-state index in [-0.39, 0.29) is 0 Å². The van der Waals surface area contributed by atoms with Gasteiger partial charge in [-0.3, -0.25) is 4.90 Å². The minimum atomic E-state index is 0.423. The number of piperidine rings is 1. The number of rotatable bonds is 6. The second-order valence-corrected chi connectivity index (χ2v) is 10.4. The van der Waals surface area contributed by atoms with Crippen LogP contribution < -0.4 is 15.8 Å². The largest absolute Gasteiger partial charge is 0.457 e. The van der Waals surface area contributed by atoms with Crippen LogP contribution in [0.3, 0.4) is 0 Å². The Labute approximate surface area is 218 Å². The summed E-state index contributed by atoms with van der Waals surface area (Å²) in [5.41, 5.74) is 9.51. The summed E-state index contributed by atoms with van der Waals surface area (Å²) in [6.07, 6.45) is 11.2. The lowest BCUT2D eigenvalue weighted by Gasteiger charge is -2.41. The molecule has 2 aromatic carbocycles. The van der Waals surface area contributed by atoms with Crippen molar-refractivity contribution in [1.29, 1.82) is 0 Å². The lowest BCUT2D eigenvalue weighted by atomic mass is 9.88. The number of nitrogens with two attached hydrogens (primary N) is 1. The van der Waals surface area contributed by atoms with Crippen molar-refractivity contribution < 1.29 is 4.74 Å². The van der Waals surface area contributed by atoms with Crippen LogP contribution in [0.4, 0.5) is 5.82 Å². The number of nitrogen functional groups attached to an aromatic ring is 1. The van der Waals surface area contributed by atoms with Crippen LogP contribution in [-0.2, 0) is 0 Å². The zero-order valence-electron chi connectivity index (χ0n) is 21.5. The van der Waals surface area contributed by atoms with Gasteiger partial charge in [-0.25, -0.2) is 9.97 Å². The molecule has 6 rings (SSSR count). The fraction of sp³-hybridized carbons (Fsp3) is 0.400. The van der Waals surface area contributed by atoms with Crippen molar-refractivity contribution in [2.24, 2.45) is 0 Å². The molecule has 2 aliphatic rings. The molecule has 1 aliphatic heterocycles. The van der Waals surface area contributed by atoms with Gasteiger partial charge in [-0.05, 0) is 81.9 Å². The first-order chi connectivity index (χ1) is 18.2. The quantitative estimate of drug-likeness (QED) is 0.360. The Kier molecular flexibility index (Phi) is 6.81. The molecule has 0 unspecified atom stereocenters. The number of hydrogen-bond acceptors (Lipinski definition) is 6. The number of nitrogens with zero attached hydrogens (tertiary/aromatic N) is 4. The van der Waals surface area contributed by atoms with Crippen LogP contribution in [0.5, 0.6) is 11.5 Å². The van der Waals surface area contributed by atoms with Crippen LogP contribution >= 0.6 is 0 Å². The maximum absolute atomic E-state index is 6.41. The van der Waals surface area contributed by atoms with Crippen molar-refractivity contribution in [2.45, 2.75) is 56.7 Å². The summed E-state index contributed by atoms with van der Waals surface area (Å²) >= 11 is 0. The SMILES string of the molecule is CN[C@@H]1CCCN([C@H]2CC[C@H](n3cc(-c4ccc(Oc5ccccc5)cc4)c4c(N)ncnc43)CC2)C1. The van der Waals surface area contributed by atoms with Crippen molar-refractivity contribution in [2.75, 3.05) is 25.9 Å². The molecule has 0 radical (unpaired) electrons. The zero-order valence-corrected chi connectivity index (χ0v) is 21.5. The van der Waals surface area contributed by atoms with E-state index in [4.69, 9.17) is 15.5 Å². The van der Waals surface area contributed by atoms with Crippen molar-refractivity contribution >= 4 is 16.9 Å². The molecule has 1 saturated carbocycles. The topological polar surface area (TPSA) is 81.2 Å². The molecule has 1 saturated heterocycles. The van der Waals surface area contributed by atoms with Crippen molar-refractivity contribution in [1.82, 2.24) is 24.8 Å². The number of anilines is 1. The van der Waals surface area contributed by atoms with Crippen LogP contribution in [0, 0.1) is 0 Å². The molecule has 3 N–H and O–H groups in total.